The first-order valence-electron chi connectivity index (χ1n) is 25.3. The van der Waals surface area contributed by atoms with Gasteiger partial charge in [0.2, 0.25) is 5.91 Å². The van der Waals surface area contributed by atoms with E-state index in [1.165, 1.54) is 141 Å². The van der Waals surface area contributed by atoms with Crippen molar-refractivity contribution in [1.29, 1.82) is 0 Å². The summed E-state index contributed by atoms with van der Waals surface area (Å²) < 4.78 is 6.07. The fourth-order valence-electron chi connectivity index (χ4n) is 7.57. The number of rotatable bonds is 46. The van der Waals surface area contributed by atoms with E-state index >= 15 is 0 Å². The molecule has 1 unspecified atom stereocenters. The molecule has 1 amide bonds. The molecule has 0 aliphatic rings. The Hall–Kier alpha value is -2.63. The minimum Gasteiger partial charge on any atom is -0.480 e. The lowest BCUT2D eigenvalue weighted by atomic mass is 10.0. The van der Waals surface area contributed by atoms with Crippen LogP contribution >= 0.6 is 0 Å². The van der Waals surface area contributed by atoms with E-state index in [9.17, 15) is 14.4 Å². The molecule has 0 aliphatic heterocycles. The van der Waals surface area contributed by atoms with Gasteiger partial charge in [-0.3, -0.25) is 14.4 Å². The van der Waals surface area contributed by atoms with Gasteiger partial charge in [0.15, 0.2) is 0 Å². The van der Waals surface area contributed by atoms with Crippen molar-refractivity contribution in [2.45, 2.75) is 264 Å². The van der Waals surface area contributed by atoms with E-state index in [0.29, 0.717) is 12.8 Å². The Morgan fingerprint density at radius 2 is 0.831 bits per heavy atom. The summed E-state index contributed by atoms with van der Waals surface area (Å²) in [7, 11) is 0. The van der Waals surface area contributed by atoms with E-state index in [0.717, 1.165) is 89.9 Å². The predicted molar refractivity (Wildman–Crippen MR) is 254 cm³/mol. The lowest BCUT2D eigenvalue weighted by molar-refractivity contribution is -0.150. The second-order valence-corrected chi connectivity index (χ2v) is 17.0. The number of amides is 1. The molecule has 0 spiro atoms. The summed E-state index contributed by atoms with van der Waals surface area (Å²) in [6.07, 6.45) is 62.5. The van der Waals surface area contributed by atoms with Gasteiger partial charge in [0.1, 0.15) is 12.6 Å². The van der Waals surface area contributed by atoms with Crippen LogP contribution in [-0.2, 0) is 19.1 Å². The fraction of sp³-hybridized carbons (Fsp3) is 0.792. The Morgan fingerprint density at radius 1 is 0.458 bits per heavy atom. The van der Waals surface area contributed by atoms with E-state index in [1.54, 1.807) is 0 Å². The van der Waals surface area contributed by atoms with E-state index in [2.05, 4.69) is 67.8 Å². The number of unbranched alkanes of at least 4 members (excludes halogenated alkanes) is 27. The van der Waals surface area contributed by atoms with Crippen LogP contribution in [0, 0.1) is 0 Å². The number of carbonyl (C=O) groups is 3. The zero-order valence-corrected chi connectivity index (χ0v) is 38.9. The monoisotopic (exact) mass is 826 g/mol. The maximum Gasteiger partial charge on any atom is 0.322 e. The van der Waals surface area contributed by atoms with Crippen LogP contribution in [0.3, 0.4) is 0 Å². The first kappa shape index (κ1) is 56.4. The fourth-order valence-corrected chi connectivity index (χ4v) is 7.57. The molecule has 2 N–H and O–H groups in total. The first-order valence-corrected chi connectivity index (χ1v) is 25.3. The second kappa shape index (κ2) is 48.0. The SMILES string of the molecule is CC/C=C\C/C=C\C/C=C\C/C=C\CCCCCCCCCCCCC(=O)OC(CCCCCCCCCCCCCCCC)CCCCCCCC(=O)NCC(=O)O. The van der Waals surface area contributed by atoms with Gasteiger partial charge in [-0.25, -0.2) is 0 Å². The van der Waals surface area contributed by atoms with Crippen LogP contribution in [0.25, 0.3) is 0 Å². The molecule has 0 fully saturated rings. The summed E-state index contributed by atoms with van der Waals surface area (Å²) in [5.74, 6) is -1.22. The normalized spacial score (nSPS) is 12.4. The van der Waals surface area contributed by atoms with Gasteiger partial charge in [0.25, 0.3) is 0 Å². The number of carboxylic acids is 1. The molecule has 0 saturated carbocycles. The largest absolute Gasteiger partial charge is 0.480 e. The van der Waals surface area contributed by atoms with Gasteiger partial charge in [-0.2, -0.15) is 0 Å². The molecular weight excluding hydrogens is 731 g/mol. The molecular formula is C53H95NO5. The minimum absolute atomic E-state index is 0.0157. The third-order valence-corrected chi connectivity index (χ3v) is 11.3. The molecule has 0 bridgehead atoms. The van der Waals surface area contributed by atoms with Crippen molar-refractivity contribution in [2.75, 3.05) is 6.54 Å². The lowest BCUT2D eigenvalue weighted by Gasteiger charge is -2.18. The van der Waals surface area contributed by atoms with Gasteiger partial charge >= 0.3 is 11.9 Å². The Balaban J connectivity index is 4.08. The molecule has 0 aromatic rings. The topological polar surface area (TPSA) is 92.7 Å². The van der Waals surface area contributed by atoms with E-state index in [-0.39, 0.29) is 24.5 Å². The van der Waals surface area contributed by atoms with E-state index in [1.807, 2.05) is 0 Å². The second-order valence-electron chi connectivity index (χ2n) is 17.0. The number of carboxylic acid groups (broad SMARTS) is 1. The molecule has 0 aromatic heterocycles. The summed E-state index contributed by atoms with van der Waals surface area (Å²) >= 11 is 0. The Morgan fingerprint density at radius 3 is 1.27 bits per heavy atom. The summed E-state index contributed by atoms with van der Waals surface area (Å²) in [6, 6.07) is 0. The van der Waals surface area contributed by atoms with Crippen molar-refractivity contribution in [2.24, 2.45) is 0 Å². The average Bonchev–Trinajstić information content (AvgIpc) is 3.22. The van der Waals surface area contributed by atoms with Gasteiger partial charge in [-0.05, 0) is 77.0 Å². The summed E-state index contributed by atoms with van der Waals surface area (Å²) in [5.41, 5.74) is 0. The quantitative estimate of drug-likeness (QED) is 0.0362. The number of hydrogen-bond acceptors (Lipinski definition) is 4. The van der Waals surface area contributed by atoms with Gasteiger partial charge in [-0.15, -0.1) is 0 Å². The van der Waals surface area contributed by atoms with Gasteiger partial charge in [0, 0.05) is 12.8 Å². The maximum absolute atomic E-state index is 12.8. The number of ether oxygens (including phenoxy) is 1. The molecule has 1 atom stereocenters. The molecule has 6 heteroatoms. The third-order valence-electron chi connectivity index (χ3n) is 11.3. The first-order chi connectivity index (χ1) is 29.0. The van der Waals surface area contributed by atoms with Crippen LogP contribution in [0.1, 0.15) is 258 Å². The smallest absolute Gasteiger partial charge is 0.322 e. The molecule has 0 aromatic carbocycles. The highest BCUT2D eigenvalue weighted by atomic mass is 16.5. The van der Waals surface area contributed by atoms with E-state index in [4.69, 9.17) is 9.84 Å². The predicted octanol–water partition coefficient (Wildman–Crippen LogP) is 16.2. The molecule has 59 heavy (non-hydrogen) atoms. The third kappa shape index (κ3) is 47.9. The summed E-state index contributed by atoms with van der Waals surface area (Å²) in [6.45, 7) is 4.14. The van der Waals surface area contributed by atoms with Gasteiger partial charge in [-0.1, -0.05) is 217 Å². The minimum atomic E-state index is -1.01. The average molecular weight is 826 g/mol. The number of aliphatic carboxylic acids is 1. The van der Waals surface area contributed by atoms with Crippen molar-refractivity contribution in [3.05, 3.63) is 48.6 Å². The number of nitrogens with one attached hydrogen (secondary N) is 1. The molecule has 0 radical (unpaired) electrons. The number of hydrogen-bond donors (Lipinski definition) is 2. The van der Waals surface area contributed by atoms with E-state index < -0.39 is 5.97 Å². The number of esters is 1. The van der Waals surface area contributed by atoms with Crippen LogP contribution in [-0.4, -0.2) is 35.6 Å². The Kier molecular flexibility index (Phi) is 45.9. The standard InChI is InChI=1S/C53H95NO5/c1-3-5-7-9-11-13-15-17-19-20-21-22-23-24-25-26-27-29-31-33-35-40-44-48-53(58)59-50(46-42-38-36-39-43-47-51(55)54-49-52(56)57)45-41-37-34-32-30-28-18-16-14-12-10-8-6-4-2/h5,7,11,13,17,19,21-22,50H,3-4,6,8-10,12,14-16,18,20,23-49H2,1-2H3,(H,54,55)(H,56,57)/b7-5-,13-11-,19-17-,22-21-. The van der Waals surface area contributed by atoms with Crippen molar-refractivity contribution >= 4 is 17.8 Å². The van der Waals surface area contributed by atoms with Crippen LogP contribution in [0.15, 0.2) is 48.6 Å². The zero-order chi connectivity index (χ0) is 43.0. The van der Waals surface area contributed by atoms with Crippen LogP contribution in [0.5, 0.6) is 0 Å². The Labute approximate surface area is 365 Å². The Bertz CT molecular complexity index is 1050. The highest BCUT2D eigenvalue weighted by Gasteiger charge is 2.14. The maximum atomic E-state index is 12.8. The van der Waals surface area contributed by atoms with Crippen LogP contribution in [0.4, 0.5) is 0 Å². The lowest BCUT2D eigenvalue weighted by Crippen LogP contribution is -2.28. The van der Waals surface area contributed by atoms with Gasteiger partial charge in [0.05, 0.1) is 0 Å². The number of allylic oxidation sites excluding steroid dienone is 8. The molecule has 0 heterocycles. The summed E-state index contributed by atoms with van der Waals surface area (Å²) in [5, 5.41) is 11.1. The zero-order valence-electron chi connectivity index (χ0n) is 38.9. The van der Waals surface area contributed by atoms with Crippen molar-refractivity contribution in [1.82, 2.24) is 5.32 Å². The number of carbonyl (C=O) groups excluding carboxylic acids is 2. The van der Waals surface area contributed by atoms with Gasteiger partial charge < -0.3 is 15.2 Å². The summed E-state index contributed by atoms with van der Waals surface area (Å²) in [4.78, 5) is 35.2. The van der Waals surface area contributed by atoms with Crippen LogP contribution < -0.4 is 5.32 Å². The van der Waals surface area contributed by atoms with Crippen molar-refractivity contribution < 1.29 is 24.2 Å². The van der Waals surface area contributed by atoms with Crippen LogP contribution in [0.2, 0.25) is 0 Å². The molecule has 6 nitrogen and oxygen atoms in total. The van der Waals surface area contributed by atoms with Crippen molar-refractivity contribution in [3.8, 4) is 0 Å². The molecule has 0 aliphatic carbocycles. The molecule has 0 rings (SSSR count). The van der Waals surface area contributed by atoms with Crippen molar-refractivity contribution in [3.63, 3.8) is 0 Å². The molecule has 342 valence electrons. The highest BCUT2D eigenvalue weighted by Crippen LogP contribution is 2.19. The highest BCUT2D eigenvalue weighted by molar-refractivity contribution is 5.80. The molecule has 0 saturated heterocycles.